The number of aryl methyl sites for hydroxylation is 1. The molecule has 1 aliphatic rings. The van der Waals surface area contributed by atoms with Crippen molar-refractivity contribution in [3.05, 3.63) is 52.2 Å². The fourth-order valence-corrected chi connectivity index (χ4v) is 3.49. The van der Waals surface area contributed by atoms with Crippen LogP contribution in [-0.2, 0) is 4.79 Å². The maximum absolute atomic E-state index is 12.6. The van der Waals surface area contributed by atoms with Gasteiger partial charge in [0.2, 0.25) is 5.91 Å². The number of nitrogens with zero attached hydrogens (tertiary/aromatic N) is 2. The van der Waals surface area contributed by atoms with E-state index in [9.17, 15) is 14.4 Å². The first-order valence-corrected chi connectivity index (χ1v) is 9.75. The molecule has 0 aliphatic carbocycles. The number of benzene rings is 1. The molecular formula is C21H26N4O4. The highest BCUT2D eigenvalue weighted by Crippen LogP contribution is 2.23. The van der Waals surface area contributed by atoms with Crippen molar-refractivity contribution in [2.45, 2.75) is 32.6 Å². The van der Waals surface area contributed by atoms with Gasteiger partial charge < -0.3 is 19.9 Å². The van der Waals surface area contributed by atoms with Crippen molar-refractivity contribution in [1.82, 2.24) is 14.9 Å². The average molecular weight is 398 g/mol. The fourth-order valence-electron chi connectivity index (χ4n) is 3.49. The molecule has 1 saturated heterocycles. The Balaban J connectivity index is 1.45. The van der Waals surface area contributed by atoms with Crippen LogP contribution >= 0.6 is 0 Å². The lowest BCUT2D eigenvalue weighted by atomic mass is 9.92. The first kappa shape index (κ1) is 20.6. The zero-order valence-corrected chi connectivity index (χ0v) is 16.7. The molecule has 2 aromatic rings. The maximum atomic E-state index is 12.6. The number of methoxy groups -OCH3 is 1. The van der Waals surface area contributed by atoms with Gasteiger partial charge in [-0.25, -0.2) is 4.98 Å². The number of nitrogens with one attached hydrogen (secondary N) is 2. The molecule has 2 heterocycles. The SMILES string of the molecule is COc1cccc(NC(=O)CCC2CCN(C(=O)c3cnc(C)[nH]c3=O)CC2)c1. The Hall–Kier alpha value is -3.16. The summed E-state index contributed by atoms with van der Waals surface area (Å²) in [4.78, 5) is 45.0. The lowest BCUT2D eigenvalue weighted by molar-refractivity contribution is -0.116. The number of carbonyl (C=O) groups is 2. The summed E-state index contributed by atoms with van der Waals surface area (Å²) in [5.74, 6) is 1.24. The van der Waals surface area contributed by atoms with Crippen molar-refractivity contribution in [2.75, 3.05) is 25.5 Å². The molecule has 154 valence electrons. The minimum Gasteiger partial charge on any atom is -0.497 e. The van der Waals surface area contributed by atoms with Gasteiger partial charge in [0.25, 0.3) is 11.5 Å². The van der Waals surface area contributed by atoms with Crippen LogP contribution in [0.1, 0.15) is 41.9 Å². The minimum atomic E-state index is -0.404. The van der Waals surface area contributed by atoms with E-state index in [2.05, 4.69) is 15.3 Å². The van der Waals surface area contributed by atoms with Crippen LogP contribution < -0.4 is 15.6 Å². The van der Waals surface area contributed by atoms with Crippen LogP contribution in [0.15, 0.2) is 35.3 Å². The molecule has 3 rings (SSSR count). The second-order valence-corrected chi connectivity index (χ2v) is 7.27. The summed E-state index contributed by atoms with van der Waals surface area (Å²) in [6.07, 6.45) is 4.16. The van der Waals surface area contributed by atoms with Gasteiger partial charge in [-0.3, -0.25) is 14.4 Å². The number of rotatable bonds is 6. The lowest BCUT2D eigenvalue weighted by Gasteiger charge is -2.31. The molecule has 0 radical (unpaired) electrons. The van der Waals surface area contributed by atoms with Crippen LogP contribution in [0, 0.1) is 12.8 Å². The number of aromatic nitrogens is 2. The van der Waals surface area contributed by atoms with E-state index in [0.29, 0.717) is 42.7 Å². The highest BCUT2D eigenvalue weighted by atomic mass is 16.5. The number of amides is 2. The summed E-state index contributed by atoms with van der Waals surface area (Å²) in [5, 5.41) is 2.89. The number of H-pyrrole nitrogens is 1. The van der Waals surface area contributed by atoms with Crippen LogP contribution in [0.3, 0.4) is 0 Å². The second-order valence-electron chi connectivity index (χ2n) is 7.27. The number of piperidine rings is 1. The van der Waals surface area contributed by atoms with Crippen LogP contribution in [0.2, 0.25) is 0 Å². The van der Waals surface area contributed by atoms with E-state index >= 15 is 0 Å². The number of hydrogen-bond acceptors (Lipinski definition) is 5. The smallest absolute Gasteiger partial charge is 0.263 e. The van der Waals surface area contributed by atoms with Crippen LogP contribution in [0.25, 0.3) is 0 Å². The third-order valence-corrected chi connectivity index (χ3v) is 5.19. The van der Waals surface area contributed by atoms with Crippen molar-refractivity contribution < 1.29 is 14.3 Å². The summed E-state index contributed by atoms with van der Waals surface area (Å²) in [7, 11) is 1.59. The predicted molar refractivity (Wildman–Crippen MR) is 109 cm³/mol. The fraction of sp³-hybridized carbons (Fsp3) is 0.429. The van der Waals surface area contributed by atoms with Gasteiger partial charge in [0.15, 0.2) is 0 Å². The van der Waals surface area contributed by atoms with E-state index < -0.39 is 5.56 Å². The van der Waals surface area contributed by atoms with Crippen LogP contribution in [0.5, 0.6) is 5.75 Å². The highest BCUT2D eigenvalue weighted by Gasteiger charge is 2.25. The second kappa shape index (κ2) is 9.36. The molecule has 0 atom stereocenters. The number of hydrogen-bond donors (Lipinski definition) is 2. The van der Waals surface area contributed by atoms with Gasteiger partial charge in [0.05, 0.1) is 7.11 Å². The van der Waals surface area contributed by atoms with Gasteiger partial charge in [-0.05, 0) is 44.2 Å². The summed E-state index contributed by atoms with van der Waals surface area (Å²) in [6, 6.07) is 7.26. The molecule has 1 aromatic carbocycles. The van der Waals surface area contributed by atoms with E-state index in [1.807, 2.05) is 18.2 Å². The summed E-state index contributed by atoms with van der Waals surface area (Å²) in [5.41, 5.74) is 0.386. The van der Waals surface area contributed by atoms with Gasteiger partial charge >= 0.3 is 0 Å². The Morgan fingerprint density at radius 2 is 2.07 bits per heavy atom. The minimum absolute atomic E-state index is 0.0333. The third kappa shape index (κ3) is 5.43. The number of carbonyl (C=O) groups excluding carboxylic acids is 2. The molecular weight excluding hydrogens is 372 g/mol. The maximum Gasteiger partial charge on any atom is 0.263 e. The average Bonchev–Trinajstić information content (AvgIpc) is 2.72. The summed E-state index contributed by atoms with van der Waals surface area (Å²) in [6.45, 7) is 2.83. The topological polar surface area (TPSA) is 104 Å². The number of ether oxygens (including phenoxy) is 1. The molecule has 29 heavy (non-hydrogen) atoms. The normalized spacial score (nSPS) is 14.5. The Labute approximate surface area is 169 Å². The zero-order chi connectivity index (χ0) is 20.8. The number of likely N-dealkylation sites (tertiary alicyclic amines) is 1. The van der Waals surface area contributed by atoms with Gasteiger partial charge in [-0.2, -0.15) is 0 Å². The molecule has 8 nitrogen and oxygen atoms in total. The Kier molecular flexibility index (Phi) is 6.64. The molecule has 0 spiro atoms. The van der Waals surface area contributed by atoms with Crippen molar-refractivity contribution in [2.24, 2.45) is 5.92 Å². The van der Waals surface area contributed by atoms with Crippen molar-refractivity contribution in [3.63, 3.8) is 0 Å². The van der Waals surface area contributed by atoms with Gasteiger partial charge in [-0.15, -0.1) is 0 Å². The van der Waals surface area contributed by atoms with E-state index in [1.54, 1.807) is 25.0 Å². The lowest BCUT2D eigenvalue weighted by Crippen LogP contribution is -2.40. The van der Waals surface area contributed by atoms with Gasteiger partial charge in [-0.1, -0.05) is 6.07 Å². The monoisotopic (exact) mass is 398 g/mol. The molecule has 2 amide bonds. The highest BCUT2D eigenvalue weighted by molar-refractivity contribution is 5.93. The zero-order valence-electron chi connectivity index (χ0n) is 16.7. The molecule has 0 saturated carbocycles. The Morgan fingerprint density at radius 3 is 2.76 bits per heavy atom. The van der Waals surface area contributed by atoms with E-state index in [0.717, 1.165) is 19.3 Å². The predicted octanol–water partition coefficient (Wildman–Crippen LogP) is 2.36. The summed E-state index contributed by atoms with van der Waals surface area (Å²) < 4.78 is 5.16. The molecule has 0 bridgehead atoms. The van der Waals surface area contributed by atoms with Crippen molar-refractivity contribution in [3.8, 4) is 5.75 Å². The molecule has 1 aromatic heterocycles. The first-order chi connectivity index (χ1) is 14.0. The van der Waals surface area contributed by atoms with Crippen molar-refractivity contribution in [1.29, 1.82) is 0 Å². The molecule has 1 fully saturated rings. The standard InChI is InChI=1S/C21H26N4O4/c1-14-22-13-18(20(27)23-14)21(28)25-10-8-15(9-11-25)6-7-19(26)24-16-4-3-5-17(12-16)29-2/h3-5,12-13,15H,6-11H2,1-2H3,(H,24,26)(H,22,23,27). The Morgan fingerprint density at radius 1 is 1.31 bits per heavy atom. The Bertz CT molecular complexity index is 932. The van der Waals surface area contributed by atoms with Gasteiger partial charge in [0.1, 0.15) is 17.1 Å². The van der Waals surface area contributed by atoms with Crippen molar-refractivity contribution >= 4 is 17.5 Å². The van der Waals surface area contributed by atoms with E-state index in [1.165, 1.54) is 6.20 Å². The molecule has 0 unspecified atom stereocenters. The third-order valence-electron chi connectivity index (χ3n) is 5.19. The molecule has 2 N–H and O–H groups in total. The molecule has 1 aliphatic heterocycles. The quantitative estimate of drug-likeness (QED) is 0.777. The largest absolute Gasteiger partial charge is 0.497 e. The summed E-state index contributed by atoms with van der Waals surface area (Å²) >= 11 is 0. The van der Waals surface area contributed by atoms with Crippen LogP contribution in [-0.4, -0.2) is 46.9 Å². The van der Waals surface area contributed by atoms with Gasteiger partial charge in [0, 0.05) is 37.5 Å². The van der Waals surface area contributed by atoms with Crippen LogP contribution in [0.4, 0.5) is 5.69 Å². The number of aromatic amines is 1. The number of anilines is 1. The van der Waals surface area contributed by atoms with E-state index in [4.69, 9.17) is 4.74 Å². The molecule has 8 heteroatoms. The first-order valence-electron chi connectivity index (χ1n) is 9.75. The van der Waals surface area contributed by atoms with E-state index in [-0.39, 0.29) is 17.4 Å².